The Morgan fingerprint density at radius 3 is 2.64 bits per heavy atom. The van der Waals surface area contributed by atoms with E-state index in [4.69, 9.17) is 5.84 Å². The average molecular weight is 191 g/mol. The second-order valence-corrected chi connectivity index (χ2v) is 3.49. The summed E-state index contributed by atoms with van der Waals surface area (Å²) in [4.78, 5) is 4.18. The molecule has 3 nitrogen and oxygen atoms in total. The Balaban J connectivity index is 3.14. The standard InChI is InChI=1S/C11H17N3/c1-4-7-13-11-6-5-10(9(2)3)8-14(11)12/h4-9H,12H2,1-3H3/b7-4-,13-11-. The number of nitrogen functional groups attached to an aromatic ring is 1. The maximum absolute atomic E-state index is 5.79. The van der Waals surface area contributed by atoms with Crippen LogP contribution < -0.4 is 11.3 Å². The Bertz CT molecular complexity index is 386. The smallest absolute Gasteiger partial charge is 0.150 e. The van der Waals surface area contributed by atoms with Crippen molar-refractivity contribution in [1.29, 1.82) is 0 Å². The fourth-order valence-electron chi connectivity index (χ4n) is 1.13. The molecule has 3 heteroatoms. The fourth-order valence-corrected chi connectivity index (χ4v) is 1.13. The van der Waals surface area contributed by atoms with Crippen molar-refractivity contribution < 1.29 is 0 Å². The first kappa shape index (κ1) is 10.6. The highest BCUT2D eigenvalue weighted by Gasteiger charge is 1.98. The number of nitrogens with two attached hydrogens (primary N) is 1. The number of hydrogen-bond acceptors (Lipinski definition) is 2. The summed E-state index contributed by atoms with van der Waals surface area (Å²) in [7, 11) is 0. The molecule has 0 aliphatic heterocycles. The Hall–Kier alpha value is -1.51. The van der Waals surface area contributed by atoms with E-state index in [0.717, 1.165) is 5.49 Å². The number of rotatable bonds is 2. The normalized spacial score (nSPS) is 13.0. The monoisotopic (exact) mass is 191 g/mol. The van der Waals surface area contributed by atoms with Gasteiger partial charge in [-0.3, -0.25) is 4.68 Å². The number of aromatic nitrogens is 1. The summed E-state index contributed by atoms with van der Waals surface area (Å²) in [6.45, 7) is 6.20. The van der Waals surface area contributed by atoms with E-state index in [0.29, 0.717) is 5.92 Å². The third-order valence-corrected chi connectivity index (χ3v) is 2.00. The molecule has 76 valence electrons. The summed E-state index contributed by atoms with van der Waals surface area (Å²) in [5.74, 6) is 6.28. The van der Waals surface area contributed by atoms with Crippen molar-refractivity contribution in [2.24, 2.45) is 4.99 Å². The van der Waals surface area contributed by atoms with Gasteiger partial charge in [-0.15, -0.1) is 0 Å². The van der Waals surface area contributed by atoms with Gasteiger partial charge < -0.3 is 5.84 Å². The molecule has 0 saturated carbocycles. The van der Waals surface area contributed by atoms with E-state index in [2.05, 4.69) is 24.9 Å². The molecule has 0 amide bonds. The molecular weight excluding hydrogens is 174 g/mol. The van der Waals surface area contributed by atoms with Gasteiger partial charge in [-0.2, -0.15) is 0 Å². The molecule has 0 radical (unpaired) electrons. The summed E-state index contributed by atoms with van der Waals surface area (Å²) in [5, 5.41) is 0. The molecule has 0 bridgehead atoms. The van der Waals surface area contributed by atoms with E-state index in [-0.39, 0.29) is 0 Å². The molecule has 1 rings (SSSR count). The maximum atomic E-state index is 5.79. The van der Waals surface area contributed by atoms with Gasteiger partial charge in [-0.25, -0.2) is 4.99 Å². The Morgan fingerprint density at radius 1 is 1.43 bits per heavy atom. The quantitative estimate of drug-likeness (QED) is 0.711. The van der Waals surface area contributed by atoms with E-state index < -0.39 is 0 Å². The van der Waals surface area contributed by atoms with Gasteiger partial charge in [0.15, 0.2) is 5.49 Å². The minimum Gasteiger partial charge on any atom is -0.338 e. The lowest BCUT2D eigenvalue weighted by Crippen LogP contribution is -2.27. The zero-order valence-corrected chi connectivity index (χ0v) is 8.94. The third-order valence-electron chi connectivity index (χ3n) is 2.00. The van der Waals surface area contributed by atoms with Crippen molar-refractivity contribution in [3.05, 3.63) is 41.7 Å². The van der Waals surface area contributed by atoms with E-state index in [1.54, 1.807) is 10.9 Å². The lowest BCUT2D eigenvalue weighted by atomic mass is 10.1. The summed E-state index contributed by atoms with van der Waals surface area (Å²) in [6, 6.07) is 3.98. The second-order valence-electron chi connectivity index (χ2n) is 3.49. The molecule has 14 heavy (non-hydrogen) atoms. The van der Waals surface area contributed by atoms with Crippen molar-refractivity contribution in [3.8, 4) is 0 Å². The van der Waals surface area contributed by atoms with Gasteiger partial charge in [0.1, 0.15) is 0 Å². The average Bonchev–Trinajstić information content (AvgIpc) is 2.15. The zero-order chi connectivity index (χ0) is 10.6. The molecule has 0 spiro atoms. The van der Waals surface area contributed by atoms with E-state index in [1.807, 2.05) is 25.3 Å². The summed E-state index contributed by atoms with van der Waals surface area (Å²) < 4.78 is 1.55. The van der Waals surface area contributed by atoms with Crippen LogP contribution in [-0.4, -0.2) is 4.68 Å². The molecule has 0 unspecified atom stereocenters. The van der Waals surface area contributed by atoms with Crippen molar-refractivity contribution >= 4 is 0 Å². The van der Waals surface area contributed by atoms with Crippen LogP contribution in [0.15, 0.2) is 35.6 Å². The van der Waals surface area contributed by atoms with Crippen molar-refractivity contribution in [2.75, 3.05) is 5.84 Å². The predicted molar refractivity (Wildman–Crippen MR) is 59.0 cm³/mol. The number of allylic oxidation sites excluding steroid dienone is 1. The van der Waals surface area contributed by atoms with Gasteiger partial charge in [0, 0.05) is 12.4 Å². The molecule has 0 atom stereocenters. The van der Waals surface area contributed by atoms with Crippen molar-refractivity contribution in [1.82, 2.24) is 4.68 Å². The van der Waals surface area contributed by atoms with E-state index in [1.165, 1.54) is 5.56 Å². The fraction of sp³-hybridized carbons (Fsp3) is 0.364. The number of pyridine rings is 1. The molecule has 0 saturated heterocycles. The molecule has 1 aromatic heterocycles. The van der Waals surface area contributed by atoms with Gasteiger partial charge in [0.05, 0.1) is 0 Å². The first-order valence-corrected chi connectivity index (χ1v) is 4.78. The molecule has 0 fully saturated rings. The van der Waals surface area contributed by atoms with Crippen LogP contribution in [-0.2, 0) is 0 Å². The molecule has 2 N–H and O–H groups in total. The second kappa shape index (κ2) is 4.65. The third kappa shape index (κ3) is 2.49. The minimum atomic E-state index is 0.487. The molecular formula is C11H17N3. The highest BCUT2D eigenvalue weighted by Crippen LogP contribution is 2.10. The topological polar surface area (TPSA) is 43.3 Å². The Morgan fingerprint density at radius 2 is 2.14 bits per heavy atom. The first-order valence-electron chi connectivity index (χ1n) is 4.78. The molecule has 0 aliphatic carbocycles. The number of nitrogens with zero attached hydrogens (tertiary/aromatic N) is 2. The Labute approximate surface area is 84.6 Å². The van der Waals surface area contributed by atoms with Gasteiger partial charge in [-0.1, -0.05) is 26.0 Å². The first-order chi connectivity index (χ1) is 6.65. The van der Waals surface area contributed by atoms with Crippen LogP contribution >= 0.6 is 0 Å². The van der Waals surface area contributed by atoms with Crippen LogP contribution in [0.5, 0.6) is 0 Å². The highest BCUT2D eigenvalue weighted by molar-refractivity contribution is 5.13. The lowest BCUT2D eigenvalue weighted by Gasteiger charge is -2.07. The van der Waals surface area contributed by atoms with Crippen LogP contribution in [0.1, 0.15) is 32.3 Å². The van der Waals surface area contributed by atoms with E-state index >= 15 is 0 Å². The predicted octanol–water partition coefficient (Wildman–Crippen LogP) is 1.76. The van der Waals surface area contributed by atoms with Crippen molar-refractivity contribution in [2.45, 2.75) is 26.7 Å². The molecule has 1 aromatic rings. The van der Waals surface area contributed by atoms with E-state index in [9.17, 15) is 0 Å². The number of hydrogen-bond donors (Lipinski definition) is 1. The SMILES string of the molecule is C/C=C\N=c1\ccc(C(C)C)cn1N. The van der Waals surface area contributed by atoms with Gasteiger partial charge in [-0.05, 0) is 24.5 Å². The summed E-state index contributed by atoms with van der Waals surface area (Å²) >= 11 is 0. The summed E-state index contributed by atoms with van der Waals surface area (Å²) in [5.41, 5.74) is 1.97. The summed E-state index contributed by atoms with van der Waals surface area (Å²) in [6.07, 6.45) is 5.51. The van der Waals surface area contributed by atoms with Crippen molar-refractivity contribution in [3.63, 3.8) is 0 Å². The van der Waals surface area contributed by atoms with Crippen LogP contribution in [0.3, 0.4) is 0 Å². The van der Waals surface area contributed by atoms with Crippen LogP contribution in [0.4, 0.5) is 0 Å². The maximum Gasteiger partial charge on any atom is 0.150 e. The van der Waals surface area contributed by atoms with Gasteiger partial charge >= 0.3 is 0 Å². The van der Waals surface area contributed by atoms with Crippen LogP contribution in [0.2, 0.25) is 0 Å². The van der Waals surface area contributed by atoms with Crippen LogP contribution in [0, 0.1) is 0 Å². The van der Waals surface area contributed by atoms with Crippen LogP contribution in [0.25, 0.3) is 0 Å². The van der Waals surface area contributed by atoms with Gasteiger partial charge in [0.2, 0.25) is 0 Å². The zero-order valence-electron chi connectivity index (χ0n) is 8.94. The molecule has 0 aromatic carbocycles. The highest BCUT2D eigenvalue weighted by atomic mass is 15.3. The largest absolute Gasteiger partial charge is 0.338 e. The minimum absolute atomic E-state index is 0.487. The molecule has 0 aliphatic rings. The van der Waals surface area contributed by atoms with Gasteiger partial charge in [0.25, 0.3) is 0 Å². The Kier molecular flexibility index (Phi) is 3.51. The lowest BCUT2D eigenvalue weighted by molar-refractivity contribution is 0.812. The molecule has 1 heterocycles.